The molecule has 1 N–H and O–H groups in total. The van der Waals surface area contributed by atoms with Crippen molar-refractivity contribution < 1.29 is 19.4 Å². The van der Waals surface area contributed by atoms with Crippen LogP contribution in [0, 0.1) is 11.8 Å². The second-order valence-electron chi connectivity index (χ2n) is 6.19. The van der Waals surface area contributed by atoms with Crippen molar-refractivity contribution in [1.82, 2.24) is 4.90 Å². The minimum atomic E-state index is -0.765. The van der Waals surface area contributed by atoms with Gasteiger partial charge in [0.1, 0.15) is 0 Å². The Morgan fingerprint density at radius 1 is 1.32 bits per heavy atom. The summed E-state index contributed by atoms with van der Waals surface area (Å²) in [5.74, 6) is -1.20. The van der Waals surface area contributed by atoms with Crippen molar-refractivity contribution in [2.75, 3.05) is 19.7 Å². The highest BCUT2D eigenvalue weighted by atomic mass is 16.5. The van der Waals surface area contributed by atoms with E-state index < -0.39 is 12.1 Å². The number of carboxylic acid groups (broad SMARTS) is 1. The number of hydrogen-bond acceptors (Lipinski definition) is 3. The van der Waals surface area contributed by atoms with Gasteiger partial charge in [-0.3, -0.25) is 9.59 Å². The second-order valence-corrected chi connectivity index (χ2v) is 6.19. The molecule has 118 valence electrons. The quantitative estimate of drug-likeness (QED) is 0.905. The van der Waals surface area contributed by atoms with Gasteiger partial charge in [-0.15, -0.1) is 0 Å². The van der Waals surface area contributed by atoms with Gasteiger partial charge < -0.3 is 14.7 Å². The molecule has 1 amide bonds. The van der Waals surface area contributed by atoms with Crippen LogP contribution >= 0.6 is 0 Å². The number of piperidine rings is 1. The van der Waals surface area contributed by atoms with Gasteiger partial charge in [0.25, 0.3) is 5.91 Å². The number of nitrogens with zero attached hydrogens (tertiary/aromatic N) is 1. The smallest absolute Gasteiger partial charge is 0.306 e. The van der Waals surface area contributed by atoms with E-state index in [0.717, 1.165) is 12.0 Å². The fourth-order valence-electron chi connectivity index (χ4n) is 3.48. The van der Waals surface area contributed by atoms with Crippen LogP contribution < -0.4 is 0 Å². The van der Waals surface area contributed by atoms with Gasteiger partial charge >= 0.3 is 5.97 Å². The maximum absolute atomic E-state index is 12.8. The maximum Gasteiger partial charge on any atom is 0.306 e. The Morgan fingerprint density at radius 3 is 2.82 bits per heavy atom. The largest absolute Gasteiger partial charge is 0.481 e. The zero-order chi connectivity index (χ0) is 15.7. The number of rotatable bonds is 2. The zero-order valence-corrected chi connectivity index (χ0v) is 12.7. The van der Waals surface area contributed by atoms with Crippen LogP contribution in [0.5, 0.6) is 0 Å². The third-order valence-corrected chi connectivity index (χ3v) is 4.75. The van der Waals surface area contributed by atoms with Crippen LogP contribution in [-0.2, 0) is 20.7 Å². The van der Waals surface area contributed by atoms with Crippen LogP contribution in [0.3, 0.4) is 0 Å². The molecule has 3 atom stereocenters. The minimum absolute atomic E-state index is 0.0333. The highest BCUT2D eigenvalue weighted by molar-refractivity contribution is 5.83. The summed E-state index contributed by atoms with van der Waals surface area (Å²) in [4.78, 5) is 25.7. The predicted octanol–water partition coefficient (Wildman–Crippen LogP) is 1.87. The third kappa shape index (κ3) is 2.73. The minimum Gasteiger partial charge on any atom is -0.481 e. The van der Waals surface area contributed by atoms with Crippen molar-refractivity contribution >= 4 is 11.9 Å². The average molecular weight is 303 g/mol. The Morgan fingerprint density at radius 2 is 2.09 bits per heavy atom. The molecule has 3 rings (SSSR count). The first-order valence-electron chi connectivity index (χ1n) is 7.79. The molecular formula is C17H21NO4. The molecule has 1 aromatic rings. The Kier molecular flexibility index (Phi) is 4.16. The Labute approximate surface area is 129 Å². The number of ether oxygens (including phenoxy) is 1. The fraction of sp³-hybridized carbons (Fsp3) is 0.529. The number of likely N-dealkylation sites (tertiary alicyclic amines) is 1. The number of aliphatic carboxylic acids is 1. The van der Waals surface area contributed by atoms with Crippen molar-refractivity contribution in [2.24, 2.45) is 11.8 Å². The van der Waals surface area contributed by atoms with E-state index in [1.54, 1.807) is 4.90 Å². The Bertz CT molecular complexity index is 586. The number of benzene rings is 1. The summed E-state index contributed by atoms with van der Waals surface area (Å²) in [6.45, 7) is 3.42. The van der Waals surface area contributed by atoms with Crippen LogP contribution in [0.1, 0.15) is 30.6 Å². The number of carboxylic acids is 1. The lowest BCUT2D eigenvalue weighted by Crippen LogP contribution is -2.47. The average Bonchev–Trinajstić information content (AvgIpc) is 2.53. The normalized spacial score (nSPS) is 28.0. The van der Waals surface area contributed by atoms with Crippen LogP contribution in [-0.4, -0.2) is 41.6 Å². The summed E-state index contributed by atoms with van der Waals surface area (Å²) in [5, 5.41) is 9.18. The molecule has 1 saturated heterocycles. The van der Waals surface area contributed by atoms with Gasteiger partial charge in [0.15, 0.2) is 6.10 Å². The second kappa shape index (κ2) is 6.08. The molecule has 0 spiro atoms. The van der Waals surface area contributed by atoms with Crippen LogP contribution in [0.15, 0.2) is 24.3 Å². The van der Waals surface area contributed by atoms with E-state index in [1.165, 1.54) is 5.56 Å². The van der Waals surface area contributed by atoms with E-state index in [9.17, 15) is 14.7 Å². The molecule has 2 aliphatic rings. The molecule has 3 unspecified atom stereocenters. The number of amides is 1. The highest BCUT2D eigenvalue weighted by Crippen LogP contribution is 2.31. The SMILES string of the molecule is CC1CN(C(=O)C2OCCc3ccccc32)CCC1C(=O)O. The van der Waals surface area contributed by atoms with E-state index in [4.69, 9.17) is 4.74 Å². The summed E-state index contributed by atoms with van der Waals surface area (Å²) in [6.07, 6.45) is 0.798. The highest BCUT2D eigenvalue weighted by Gasteiger charge is 2.37. The standard InChI is InChI=1S/C17H21NO4/c1-11-10-18(8-6-13(11)17(20)21)16(19)15-14-5-3-2-4-12(14)7-9-22-15/h2-5,11,13,15H,6-10H2,1H3,(H,20,21). The summed E-state index contributed by atoms with van der Waals surface area (Å²) in [7, 11) is 0. The monoisotopic (exact) mass is 303 g/mol. The van der Waals surface area contributed by atoms with E-state index in [2.05, 4.69) is 0 Å². The van der Waals surface area contributed by atoms with Crippen molar-refractivity contribution in [3.8, 4) is 0 Å². The number of carbonyl (C=O) groups is 2. The van der Waals surface area contributed by atoms with Gasteiger partial charge in [-0.25, -0.2) is 0 Å². The molecule has 0 aliphatic carbocycles. The van der Waals surface area contributed by atoms with Crippen molar-refractivity contribution in [3.05, 3.63) is 35.4 Å². The fourth-order valence-corrected chi connectivity index (χ4v) is 3.48. The third-order valence-electron chi connectivity index (χ3n) is 4.75. The van der Waals surface area contributed by atoms with Crippen molar-refractivity contribution in [3.63, 3.8) is 0 Å². The summed E-state index contributed by atoms with van der Waals surface area (Å²) >= 11 is 0. The van der Waals surface area contributed by atoms with Gasteiger partial charge in [-0.2, -0.15) is 0 Å². The molecule has 1 fully saturated rings. The topological polar surface area (TPSA) is 66.8 Å². The maximum atomic E-state index is 12.8. The molecule has 0 radical (unpaired) electrons. The Balaban J connectivity index is 1.75. The Hall–Kier alpha value is -1.88. The van der Waals surface area contributed by atoms with Crippen LogP contribution in [0.4, 0.5) is 0 Å². The van der Waals surface area contributed by atoms with Gasteiger partial charge in [0.05, 0.1) is 12.5 Å². The van der Waals surface area contributed by atoms with E-state index in [1.807, 2.05) is 31.2 Å². The molecule has 0 bridgehead atoms. The lowest BCUT2D eigenvalue weighted by molar-refractivity contribution is -0.153. The molecule has 0 aromatic heterocycles. The first-order valence-corrected chi connectivity index (χ1v) is 7.79. The molecular weight excluding hydrogens is 282 g/mol. The lowest BCUT2D eigenvalue weighted by atomic mass is 9.86. The van der Waals surface area contributed by atoms with Gasteiger partial charge in [0.2, 0.25) is 0 Å². The molecule has 2 heterocycles. The van der Waals surface area contributed by atoms with E-state index >= 15 is 0 Å². The summed E-state index contributed by atoms with van der Waals surface area (Å²) in [5.41, 5.74) is 2.12. The molecule has 1 aromatic carbocycles. The van der Waals surface area contributed by atoms with Gasteiger partial charge in [-0.1, -0.05) is 31.2 Å². The number of fused-ring (bicyclic) bond motifs is 1. The van der Waals surface area contributed by atoms with Crippen LogP contribution in [0.2, 0.25) is 0 Å². The zero-order valence-electron chi connectivity index (χ0n) is 12.7. The molecule has 5 heteroatoms. The summed E-state index contributed by atoms with van der Waals surface area (Å²) < 4.78 is 5.72. The molecule has 0 saturated carbocycles. The predicted molar refractivity (Wildman–Crippen MR) is 80.3 cm³/mol. The summed E-state index contributed by atoms with van der Waals surface area (Å²) in [6, 6.07) is 7.89. The van der Waals surface area contributed by atoms with Crippen molar-refractivity contribution in [2.45, 2.75) is 25.9 Å². The van der Waals surface area contributed by atoms with Crippen LogP contribution in [0.25, 0.3) is 0 Å². The van der Waals surface area contributed by atoms with Crippen molar-refractivity contribution in [1.29, 1.82) is 0 Å². The molecule has 5 nitrogen and oxygen atoms in total. The number of hydrogen-bond donors (Lipinski definition) is 1. The van der Waals surface area contributed by atoms with E-state index in [-0.39, 0.29) is 17.7 Å². The van der Waals surface area contributed by atoms with Gasteiger partial charge in [0, 0.05) is 13.1 Å². The van der Waals surface area contributed by atoms with Gasteiger partial charge in [-0.05, 0) is 29.9 Å². The van der Waals surface area contributed by atoms with E-state index in [0.29, 0.717) is 26.1 Å². The molecule has 22 heavy (non-hydrogen) atoms. The first kappa shape index (κ1) is 15.0. The molecule has 2 aliphatic heterocycles. The first-order chi connectivity index (χ1) is 10.6. The lowest BCUT2D eigenvalue weighted by Gasteiger charge is -2.37. The number of carbonyl (C=O) groups excluding carboxylic acids is 1.